The van der Waals surface area contributed by atoms with E-state index in [4.69, 9.17) is 0 Å². The van der Waals surface area contributed by atoms with Crippen molar-refractivity contribution >= 4 is 27.5 Å². The first-order chi connectivity index (χ1) is 12.6. The highest BCUT2D eigenvalue weighted by Crippen LogP contribution is 2.38. The van der Waals surface area contributed by atoms with Gasteiger partial charge in [0.05, 0.1) is 15.1 Å². The summed E-state index contributed by atoms with van der Waals surface area (Å²) in [5, 5.41) is 3.40. The van der Waals surface area contributed by atoms with Crippen LogP contribution >= 0.6 is 11.3 Å². The van der Waals surface area contributed by atoms with E-state index < -0.39 is 0 Å². The molecule has 0 aromatic carbocycles. The van der Waals surface area contributed by atoms with Gasteiger partial charge in [0.15, 0.2) is 0 Å². The van der Waals surface area contributed by atoms with Crippen LogP contribution in [-0.2, 0) is 4.79 Å². The van der Waals surface area contributed by atoms with Crippen LogP contribution in [0.5, 0.6) is 0 Å². The highest BCUT2D eigenvalue weighted by molar-refractivity contribution is 7.19. The number of amides is 1. The van der Waals surface area contributed by atoms with Crippen molar-refractivity contribution in [2.45, 2.75) is 45.2 Å². The average Bonchev–Trinajstić information content (AvgIpc) is 3.38. The first-order valence-electron chi connectivity index (χ1n) is 9.46. The molecule has 0 bridgehead atoms. The summed E-state index contributed by atoms with van der Waals surface area (Å²) in [5.74, 6) is 0.659. The second-order valence-corrected chi connectivity index (χ2v) is 8.37. The molecular formula is C20H26N4OS. The summed E-state index contributed by atoms with van der Waals surface area (Å²) in [6.07, 6.45) is 7.12. The lowest BCUT2D eigenvalue weighted by atomic mass is 9.99. The van der Waals surface area contributed by atoms with Crippen LogP contribution in [-0.4, -0.2) is 40.8 Å². The van der Waals surface area contributed by atoms with E-state index in [-0.39, 0.29) is 12.1 Å². The lowest BCUT2D eigenvalue weighted by Crippen LogP contribution is -2.35. The van der Waals surface area contributed by atoms with Gasteiger partial charge in [-0.2, -0.15) is 0 Å². The quantitative estimate of drug-likeness (QED) is 0.889. The second kappa shape index (κ2) is 6.91. The highest BCUT2D eigenvalue weighted by Gasteiger charge is 2.32. The van der Waals surface area contributed by atoms with E-state index in [1.807, 2.05) is 24.3 Å². The molecule has 2 aromatic rings. The van der Waals surface area contributed by atoms with Gasteiger partial charge in [-0.1, -0.05) is 13.8 Å². The number of likely N-dealkylation sites (N-methyl/N-ethyl adjacent to an activating group) is 1. The normalized spacial score (nSPS) is 21.2. The monoisotopic (exact) mass is 370 g/mol. The molecule has 2 aliphatic heterocycles. The van der Waals surface area contributed by atoms with Gasteiger partial charge in [0.2, 0.25) is 0 Å². The van der Waals surface area contributed by atoms with E-state index in [9.17, 15) is 4.79 Å². The van der Waals surface area contributed by atoms with Gasteiger partial charge in [0, 0.05) is 32.5 Å². The van der Waals surface area contributed by atoms with Gasteiger partial charge in [0.25, 0.3) is 5.91 Å². The molecule has 4 heterocycles. The minimum atomic E-state index is 0.000496. The number of rotatable bonds is 4. The van der Waals surface area contributed by atoms with Crippen LogP contribution in [0.1, 0.15) is 55.6 Å². The van der Waals surface area contributed by atoms with E-state index in [0.29, 0.717) is 5.92 Å². The Hall–Kier alpha value is -2.08. The molecule has 5 nitrogen and oxygen atoms in total. The molecule has 1 N–H and O–H groups in total. The first kappa shape index (κ1) is 17.3. The highest BCUT2D eigenvalue weighted by atomic mass is 32.1. The maximum absolute atomic E-state index is 12.8. The Bertz CT molecular complexity index is 853. The van der Waals surface area contributed by atoms with Crippen molar-refractivity contribution in [3.8, 4) is 0 Å². The van der Waals surface area contributed by atoms with Crippen LogP contribution in [0.15, 0.2) is 30.2 Å². The SMILES string of the molecule is CCC(C)c1ccnc2cc(C3NC=C(C(=O)N4CCCC4)N3C)sc12. The van der Waals surface area contributed by atoms with Crippen molar-refractivity contribution in [3.63, 3.8) is 0 Å². The van der Waals surface area contributed by atoms with E-state index in [1.54, 1.807) is 11.3 Å². The number of pyridine rings is 1. The van der Waals surface area contributed by atoms with Crippen molar-refractivity contribution in [1.82, 2.24) is 20.1 Å². The molecule has 2 aromatic heterocycles. The molecule has 6 heteroatoms. The summed E-state index contributed by atoms with van der Waals surface area (Å²) in [6.45, 7) is 6.24. The minimum Gasteiger partial charge on any atom is -0.365 e. The molecule has 2 atom stereocenters. The zero-order chi connectivity index (χ0) is 18.3. The summed E-state index contributed by atoms with van der Waals surface area (Å²) in [7, 11) is 2.00. The van der Waals surface area contributed by atoms with Gasteiger partial charge in [-0.05, 0) is 42.9 Å². The summed E-state index contributed by atoms with van der Waals surface area (Å²) in [4.78, 5) is 22.5. The molecule has 1 amide bonds. The molecule has 1 saturated heterocycles. The van der Waals surface area contributed by atoms with Crippen LogP contribution in [0, 0.1) is 0 Å². The van der Waals surface area contributed by atoms with Crippen LogP contribution in [0.4, 0.5) is 0 Å². The number of fused-ring (bicyclic) bond motifs is 1. The zero-order valence-corrected chi connectivity index (χ0v) is 16.5. The third kappa shape index (κ3) is 2.86. The number of hydrogen-bond acceptors (Lipinski definition) is 5. The number of thiophene rings is 1. The molecule has 2 aliphatic rings. The smallest absolute Gasteiger partial charge is 0.271 e. The van der Waals surface area contributed by atoms with E-state index >= 15 is 0 Å². The van der Waals surface area contributed by atoms with Crippen LogP contribution in [0.2, 0.25) is 0 Å². The Balaban J connectivity index is 1.60. The number of carbonyl (C=O) groups excluding carboxylic acids is 1. The second-order valence-electron chi connectivity index (χ2n) is 7.28. The molecule has 26 heavy (non-hydrogen) atoms. The van der Waals surface area contributed by atoms with E-state index in [1.165, 1.54) is 15.1 Å². The largest absolute Gasteiger partial charge is 0.365 e. The molecule has 0 radical (unpaired) electrons. The van der Waals surface area contributed by atoms with Gasteiger partial charge in [-0.3, -0.25) is 9.78 Å². The standard InChI is InChI=1S/C20H26N4OS/c1-4-13(2)14-7-8-21-15-11-17(26-18(14)15)19-22-12-16(23(19)3)20(25)24-9-5-6-10-24/h7-8,11-13,19,22H,4-6,9-10H2,1-3H3. The molecule has 0 saturated carbocycles. The first-order valence-corrected chi connectivity index (χ1v) is 10.3. The number of likely N-dealkylation sites (tertiary alicyclic amines) is 1. The summed E-state index contributed by atoms with van der Waals surface area (Å²) in [5.41, 5.74) is 3.18. The van der Waals surface area contributed by atoms with Crippen molar-refractivity contribution < 1.29 is 4.79 Å². The molecule has 0 aliphatic carbocycles. The third-order valence-electron chi connectivity index (χ3n) is 5.63. The fourth-order valence-electron chi connectivity index (χ4n) is 3.80. The van der Waals surface area contributed by atoms with E-state index in [2.05, 4.69) is 41.2 Å². The Morgan fingerprint density at radius 1 is 1.42 bits per heavy atom. The Kier molecular flexibility index (Phi) is 4.61. The number of aromatic nitrogens is 1. The van der Waals surface area contributed by atoms with Gasteiger partial charge < -0.3 is 15.1 Å². The van der Waals surface area contributed by atoms with Gasteiger partial charge in [-0.15, -0.1) is 11.3 Å². The fraction of sp³-hybridized carbons (Fsp3) is 0.500. The molecule has 2 unspecified atom stereocenters. The average molecular weight is 371 g/mol. The summed E-state index contributed by atoms with van der Waals surface area (Å²) in [6, 6.07) is 4.31. The zero-order valence-electron chi connectivity index (χ0n) is 15.7. The van der Waals surface area contributed by atoms with Gasteiger partial charge in [-0.25, -0.2) is 0 Å². The van der Waals surface area contributed by atoms with Crippen molar-refractivity contribution in [2.24, 2.45) is 0 Å². The van der Waals surface area contributed by atoms with Crippen LogP contribution in [0.3, 0.4) is 0 Å². The van der Waals surface area contributed by atoms with Crippen LogP contribution in [0.25, 0.3) is 10.2 Å². The van der Waals surface area contributed by atoms with Crippen LogP contribution < -0.4 is 5.32 Å². The van der Waals surface area contributed by atoms with E-state index in [0.717, 1.165) is 43.6 Å². The number of nitrogens with zero attached hydrogens (tertiary/aromatic N) is 3. The Labute approximate surface area is 158 Å². The number of hydrogen-bond donors (Lipinski definition) is 1. The Morgan fingerprint density at radius 2 is 2.19 bits per heavy atom. The number of nitrogens with one attached hydrogen (secondary N) is 1. The molecule has 0 spiro atoms. The third-order valence-corrected chi connectivity index (χ3v) is 6.86. The summed E-state index contributed by atoms with van der Waals surface area (Å²) >= 11 is 1.79. The molecule has 138 valence electrons. The fourth-order valence-corrected chi connectivity index (χ4v) is 5.14. The lowest BCUT2D eigenvalue weighted by molar-refractivity contribution is -0.127. The van der Waals surface area contributed by atoms with Gasteiger partial charge >= 0.3 is 0 Å². The molecular weight excluding hydrogens is 344 g/mol. The molecule has 1 fully saturated rings. The Morgan fingerprint density at radius 3 is 2.92 bits per heavy atom. The predicted molar refractivity (Wildman–Crippen MR) is 106 cm³/mol. The molecule has 4 rings (SSSR count). The maximum Gasteiger partial charge on any atom is 0.271 e. The predicted octanol–water partition coefficient (Wildman–Crippen LogP) is 3.81. The lowest BCUT2D eigenvalue weighted by Gasteiger charge is -2.25. The number of carbonyl (C=O) groups is 1. The summed E-state index contributed by atoms with van der Waals surface area (Å²) < 4.78 is 1.27. The van der Waals surface area contributed by atoms with Crippen molar-refractivity contribution in [1.29, 1.82) is 0 Å². The van der Waals surface area contributed by atoms with Crippen molar-refractivity contribution in [3.05, 3.63) is 40.7 Å². The van der Waals surface area contributed by atoms with Crippen molar-refractivity contribution in [2.75, 3.05) is 20.1 Å². The maximum atomic E-state index is 12.8. The minimum absolute atomic E-state index is 0.000496. The van der Waals surface area contributed by atoms with Gasteiger partial charge in [0.1, 0.15) is 11.9 Å². The topological polar surface area (TPSA) is 48.5 Å².